The van der Waals surface area contributed by atoms with Crippen molar-refractivity contribution in [3.05, 3.63) is 47.9 Å². The third-order valence-corrected chi connectivity index (χ3v) is 4.48. The predicted molar refractivity (Wildman–Crippen MR) is 93.8 cm³/mol. The minimum Gasteiger partial charge on any atom is -0.478 e. The highest BCUT2D eigenvalue weighted by molar-refractivity contribution is 5.94. The molecule has 1 saturated heterocycles. The zero-order valence-corrected chi connectivity index (χ0v) is 14.4. The fourth-order valence-electron chi connectivity index (χ4n) is 2.89. The second-order valence-corrected chi connectivity index (χ2v) is 6.30. The van der Waals surface area contributed by atoms with Crippen molar-refractivity contribution >= 4 is 17.7 Å². The smallest absolute Gasteiger partial charge is 0.348 e. The zero-order valence-electron chi connectivity index (χ0n) is 14.4. The van der Waals surface area contributed by atoms with Gasteiger partial charge in [0.05, 0.1) is 11.8 Å². The summed E-state index contributed by atoms with van der Waals surface area (Å²) >= 11 is 0. The van der Waals surface area contributed by atoms with Gasteiger partial charge in [-0.2, -0.15) is 0 Å². The van der Waals surface area contributed by atoms with E-state index in [1.807, 2.05) is 6.92 Å². The molecule has 1 fully saturated rings. The lowest BCUT2D eigenvalue weighted by Gasteiger charge is -2.38. The number of likely N-dealkylation sites (tertiary alicyclic amines) is 1. The van der Waals surface area contributed by atoms with Gasteiger partial charge in [0.15, 0.2) is 0 Å². The van der Waals surface area contributed by atoms with E-state index in [2.05, 4.69) is 9.97 Å². The van der Waals surface area contributed by atoms with Crippen LogP contribution < -0.4 is 10.5 Å². The molecular weight excluding hydrogens is 336 g/mol. The van der Waals surface area contributed by atoms with E-state index in [9.17, 15) is 14.7 Å². The summed E-state index contributed by atoms with van der Waals surface area (Å²) in [5.41, 5.74) is 5.41. The number of carboxylic acid groups (broad SMARTS) is 1. The number of nitrogens with two attached hydrogens (primary N) is 1. The molecule has 0 saturated carbocycles. The van der Waals surface area contributed by atoms with Crippen LogP contribution in [0.25, 0.3) is 0 Å². The summed E-state index contributed by atoms with van der Waals surface area (Å²) < 4.78 is 5.78. The molecule has 0 aliphatic carbocycles. The van der Waals surface area contributed by atoms with E-state index >= 15 is 0 Å². The van der Waals surface area contributed by atoms with Gasteiger partial charge in [-0.3, -0.25) is 9.78 Å². The average Bonchev–Trinajstić information content (AvgIpc) is 2.64. The molecule has 1 amide bonds. The first-order chi connectivity index (χ1) is 12.4. The number of aryl methyl sites for hydroxylation is 1. The number of nitrogen functional groups attached to an aromatic ring is 1. The topological polar surface area (TPSA) is 119 Å². The first-order valence-corrected chi connectivity index (χ1v) is 8.25. The highest BCUT2D eigenvalue weighted by Gasteiger charge is 2.45. The first kappa shape index (κ1) is 17.7. The molecule has 136 valence electrons. The highest BCUT2D eigenvalue weighted by Crippen LogP contribution is 2.29. The molecule has 0 atom stereocenters. The van der Waals surface area contributed by atoms with Gasteiger partial charge in [0.25, 0.3) is 5.91 Å². The molecule has 8 heteroatoms. The molecule has 1 aliphatic heterocycles. The Labute approximate surface area is 150 Å². The van der Waals surface area contributed by atoms with Crippen LogP contribution in [-0.4, -0.2) is 50.5 Å². The first-order valence-electron chi connectivity index (χ1n) is 8.25. The summed E-state index contributed by atoms with van der Waals surface area (Å²) in [6, 6.07) is 6.63. The third-order valence-electron chi connectivity index (χ3n) is 4.48. The number of anilines is 1. The summed E-state index contributed by atoms with van der Waals surface area (Å²) in [5.74, 6) is -0.501. The third kappa shape index (κ3) is 3.58. The Morgan fingerprint density at radius 2 is 1.88 bits per heavy atom. The Morgan fingerprint density at radius 3 is 2.42 bits per heavy atom. The lowest BCUT2D eigenvalue weighted by Crippen LogP contribution is -2.54. The van der Waals surface area contributed by atoms with Crippen LogP contribution in [0.5, 0.6) is 5.75 Å². The van der Waals surface area contributed by atoms with E-state index in [0.717, 1.165) is 5.69 Å². The molecule has 0 bridgehead atoms. The quantitative estimate of drug-likeness (QED) is 0.852. The minimum absolute atomic E-state index is 0.185. The van der Waals surface area contributed by atoms with E-state index in [0.29, 0.717) is 17.1 Å². The van der Waals surface area contributed by atoms with Gasteiger partial charge in [-0.15, -0.1) is 0 Å². The molecule has 26 heavy (non-hydrogen) atoms. The van der Waals surface area contributed by atoms with Crippen molar-refractivity contribution in [3.63, 3.8) is 0 Å². The number of ether oxygens (including phenoxy) is 1. The van der Waals surface area contributed by atoms with Gasteiger partial charge in [0.1, 0.15) is 11.6 Å². The SMILES string of the molecule is Cc1ccc(OC2(C(=O)O)CCN(C(=O)c3ccc(N)nc3)CC2)cn1. The molecule has 1 aliphatic rings. The van der Waals surface area contributed by atoms with Gasteiger partial charge in [-0.05, 0) is 31.2 Å². The van der Waals surface area contributed by atoms with Crippen LogP contribution in [0.15, 0.2) is 36.7 Å². The van der Waals surface area contributed by atoms with Crippen molar-refractivity contribution in [2.24, 2.45) is 0 Å². The van der Waals surface area contributed by atoms with Gasteiger partial charge < -0.3 is 20.5 Å². The van der Waals surface area contributed by atoms with Crippen LogP contribution in [0.1, 0.15) is 28.9 Å². The molecule has 0 unspecified atom stereocenters. The van der Waals surface area contributed by atoms with Crippen molar-refractivity contribution in [3.8, 4) is 5.75 Å². The molecule has 8 nitrogen and oxygen atoms in total. The van der Waals surface area contributed by atoms with Crippen LogP contribution in [-0.2, 0) is 4.79 Å². The van der Waals surface area contributed by atoms with Crippen LogP contribution in [0, 0.1) is 6.92 Å². The van der Waals surface area contributed by atoms with Crippen molar-refractivity contribution in [1.29, 1.82) is 0 Å². The molecule has 3 rings (SSSR count). The molecular formula is C18H20N4O4. The van der Waals surface area contributed by atoms with Gasteiger partial charge in [0.2, 0.25) is 5.60 Å². The number of pyridine rings is 2. The Bertz CT molecular complexity index is 797. The number of piperidine rings is 1. The molecule has 0 aromatic carbocycles. The number of hydrogen-bond acceptors (Lipinski definition) is 6. The van der Waals surface area contributed by atoms with Crippen molar-refractivity contribution < 1.29 is 19.4 Å². The van der Waals surface area contributed by atoms with Crippen LogP contribution >= 0.6 is 0 Å². The summed E-state index contributed by atoms with van der Waals surface area (Å²) in [6.45, 7) is 2.39. The fraction of sp³-hybridized carbons (Fsp3) is 0.333. The van der Waals surface area contributed by atoms with Crippen LogP contribution in [0.3, 0.4) is 0 Å². The fourth-order valence-corrected chi connectivity index (χ4v) is 2.89. The molecule has 0 radical (unpaired) electrons. The van der Waals surface area contributed by atoms with E-state index in [-0.39, 0.29) is 31.8 Å². The summed E-state index contributed by atoms with van der Waals surface area (Å²) in [6.07, 6.45) is 3.30. The lowest BCUT2D eigenvalue weighted by atomic mass is 9.90. The number of carbonyl (C=O) groups is 2. The maximum absolute atomic E-state index is 12.5. The van der Waals surface area contributed by atoms with Crippen molar-refractivity contribution in [2.75, 3.05) is 18.8 Å². The number of carbonyl (C=O) groups excluding carboxylic acids is 1. The number of rotatable bonds is 4. The van der Waals surface area contributed by atoms with Gasteiger partial charge in [0, 0.05) is 37.8 Å². The monoisotopic (exact) mass is 356 g/mol. The normalized spacial score (nSPS) is 16.1. The van der Waals surface area contributed by atoms with Crippen molar-refractivity contribution in [1.82, 2.24) is 14.9 Å². The maximum Gasteiger partial charge on any atom is 0.348 e. The van der Waals surface area contributed by atoms with E-state index in [1.165, 1.54) is 12.4 Å². The van der Waals surface area contributed by atoms with Gasteiger partial charge >= 0.3 is 5.97 Å². The summed E-state index contributed by atoms with van der Waals surface area (Å²) in [7, 11) is 0. The van der Waals surface area contributed by atoms with Crippen LogP contribution in [0.4, 0.5) is 5.82 Å². The standard InChI is InChI=1S/C18H20N4O4/c1-12-2-4-14(11-20-12)26-18(17(24)25)6-8-22(9-7-18)16(23)13-3-5-15(19)21-10-13/h2-5,10-11H,6-9H2,1H3,(H2,19,21)(H,24,25). The Morgan fingerprint density at radius 1 is 1.15 bits per heavy atom. The van der Waals surface area contributed by atoms with E-state index in [1.54, 1.807) is 29.2 Å². The largest absolute Gasteiger partial charge is 0.478 e. The predicted octanol–water partition coefficient (Wildman–Crippen LogP) is 1.51. The Balaban J connectivity index is 1.71. The number of nitrogens with zero attached hydrogens (tertiary/aromatic N) is 3. The summed E-state index contributed by atoms with van der Waals surface area (Å²) in [4.78, 5) is 34.0. The van der Waals surface area contributed by atoms with E-state index in [4.69, 9.17) is 10.5 Å². The van der Waals surface area contributed by atoms with E-state index < -0.39 is 11.6 Å². The summed E-state index contributed by atoms with van der Waals surface area (Å²) in [5, 5.41) is 9.70. The van der Waals surface area contributed by atoms with Crippen molar-refractivity contribution in [2.45, 2.75) is 25.4 Å². The molecule has 3 N–H and O–H groups in total. The van der Waals surface area contributed by atoms with Gasteiger partial charge in [-0.25, -0.2) is 9.78 Å². The Hall–Kier alpha value is -3.16. The second-order valence-electron chi connectivity index (χ2n) is 6.30. The number of amides is 1. The molecule has 2 aromatic heterocycles. The van der Waals surface area contributed by atoms with Crippen LogP contribution in [0.2, 0.25) is 0 Å². The number of aliphatic carboxylic acids is 1. The number of carboxylic acids is 1. The average molecular weight is 356 g/mol. The zero-order chi connectivity index (χ0) is 18.7. The maximum atomic E-state index is 12.5. The number of hydrogen-bond donors (Lipinski definition) is 2. The second kappa shape index (κ2) is 6.99. The Kier molecular flexibility index (Phi) is 4.75. The highest BCUT2D eigenvalue weighted by atomic mass is 16.5. The lowest BCUT2D eigenvalue weighted by molar-refractivity contribution is -0.159. The molecule has 0 spiro atoms. The van der Waals surface area contributed by atoms with Gasteiger partial charge in [-0.1, -0.05) is 0 Å². The minimum atomic E-state index is -1.37. The number of aromatic nitrogens is 2. The molecule has 3 heterocycles. The molecule has 2 aromatic rings.